The second kappa shape index (κ2) is 6.13. The van der Waals surface area contributed by atoms with E-state index in [4.69, 9.17) is 20.3 Å². The molecule has 2 aromatic carbocycles. The lowest BCUT2D eigenvalue weighted by molar-refractivity contribution is 0.0692. The Labute approximate surface area is 120 Å². The zero-order chi connectivity index (χ0) is 15.4. The summed E-state index contributed by atoms with van der Waals surface area (Å²) in [6.07, 6.45) is 0. The van der Waals surface area contributed by atoms with Gasteiger partial charge in [-0.2, -0.15) is 0 Å². The van der Waals surface area contributed by atoms with Crippen LogP contribution in [0.4, 0.5) is 10.1 Å². The number of carbonyl (C=O) groups is 1. The van der Waals surface area contributed by atoms with Gasteiger partial charge in [0, 0.05) is 6.07 Å². The van der Waals surface area contributed by atoms with Crippen LogP contribution in [0.3, 0.4) is 0 Å². The van der Waals surface area contributed by atoms with Crippen LogP contribution in [0.15, 0.2) is 36.4 Å². The summed E-state index contributed by atoms with van der Waals surface area (Å²) >= 11 is 0. The Bertz CT molecular complexity index is 655. The second-order valence-corrected chi connectivity index (χ2v) is 4.18. The highest BCUT2D eigenvalue weighted by Gasteiger charge is 2.15. The Kier molecular flexibility index (Phi) is 4.27. The van der Waals surface area contributed by atoms with Gasteiger partial charge in [0.15, 0.2) is 5.75 Å². The van der Waals surface area contributed by atoms with E-state index in [0.717, 1.165) is 12.1 Å². The highest BCUT2D eigenvalue weighted by atomic mass is 19.1. The molecule has 3 N–H and O–H groups in total. The molecule has 0 saturated heterocycles. The average molecular weight is 291 g/mol. The number of hydrogen-bond donors (Lipinski definition) is 2. The number of nitrogens with two attached hydrogens (primary N) is 1. The average Bonchev–Trinajstić information content (AvgIpc) is 2.44. The van der Waals surface area contributed by atoms with Gasteiger partial charge in [-0.1, -0.05) is 0 Å². The first kappa shape index (κ1) is 14.6. The monoisotopic (exact) mass is 291 g/mol. The van der Waals surface area contributed by atoms with Gasteiger partial charge in [-0.15, -0.1) is 0 Å². The fourth-order valence-corrected chi connectivity index (χ4v) is 1.72. The lowest BCUT2D eigenvalue weighted by Crippen LogP contribution is -2.03. The Morgan fingerprint density at radius 2 is 1.86 bits per heavy atom. The molecule has 0 aliphatic rings. The number of aromatic carboxylic acids is 1. The van der Waals surface area contributed by atoms with Crippen molar-refractivity contribution in [3.63, 3.8) is 0 Å². The molecule has 0 amide bonds. The molecule has 0 aromatic heterocycles. The predicted molar refractivity (Wildman–Crippen MR) is 75.5 cm³/mol. The highest BCUT2D eigenvalue weighted by molar-refractivity contribution is 5.89. The van der Waals surface area contributed by atoms with Crippen LogP contribution >= 0.6 is 0 Å². The maximum Gasteiger partial charge on any atom is 0.338 e. The van der Waals surface area contributed by atoms with Crippen molar-refractivity contribution >= 4 is 11.7 Å². The molecule has 110 valence electrons. The third-order valence-corrected chi connectivity index (χ3v) is 2.69. The number of carboxylic acids is 1. The van der Waals surface area contributed by atoms with E-state index in [1.165, 1.54) is 0 Å². The van der Waals surface area contributed by atoms with Crippen LogP contribution in [0.25, 0.3) is 0 Å². The summed E-state index contributed by atoms with van der Waals surface area (Å²) in [7, 11) is 0. The van der Waals surface area contributed by atoms with Gasteiger partial charge in [-0.25, -0.2) is 9.18 Å². The van der Waals surface area contributed by atoms with E-state index >= 15 is 0 Å². The molecule has 0 aliphatic heterocycles. The molecule has 0 aliphatic carbocycles. The van der Waals surface area contributed by atoms with Crippen LogP contribution in [-0.4, -0.2) is 17.7 Å². The molecule has 6 heteroatoms. The fourth-order valence-electron chi connectivity index (χ4n) is 1.72. The molecule has 2 aromatic rings. The molecule has 0 fully saturated rings. The van der Waals surface area contributed by atoms with Crippen LogP contribution in [-0.2, 0) is 0 Å². The number of carboxylic acid groups (broad SMARTS) is 1. The molecule has 0 heterocycles. The summed E-state index contributed by atoms with van der Waals surface area (Å²) in [5, 5.41) is 8.80. The van der Waals surface area contributed by atoms with E-state index in [2.05, 4.69) is 0 Å². The Balaban J connectivity index is 2.23. The Morgan fingerprint density at radius 1 is 1.24 bits per heavy atom. The first-order valence-corrected chi connectivity index (χ1v) is 6.24. The first-order chi connectivity index (χ1) is 10.0. The maximum atomic E-state index is 13.6. The standard InChI is InChI=1S/C15H14FNO4/c1-2-20-9-3-5-10(6-4-9)21-14-8-12(16)11(15(18)19)7-13(14)17/h3-8H,2,17H2,1H3,(H,18,19). The number of anilines is 1. The van der Waals surface area contributed by atoms with Gasteiger partial charge in [0.05, 0.1) is 17.9 Å². The summed E-state index contributed by atoms with van der Waals surface area (Å²) in [4.78, 5) is 10.8. The van der Waals surface area contributed by atoms with E-state index in [1.807, 2.05) is 6.92 Å². The van der Waals surface area contributed by atoms with Crippen molar-refractivity contribution in [2.75, 3.05) is 12.3 Å². The zero-order valence-corrected chi connectivity index (χ0v) is 11.3. The van der Waals surface area contributed by atoms with Crippen LogP contribution < -0.4 is 15.2 Å². The molecule has 0 atom stereocenters. The van der Waals surface area contributed by atoms with E-state index in [0.29, 0.717) is 18.1 Å². The van der Waals surface area contributed by atoms with E-state index in [9.17, 15) is 9.18 Å². The van der Waals surface area contributed by atoms with Crippen LogP contribution in [0.2, 0.25) is 0 Å². The predicted octanol–water partition coefficient (Wildman–Crippen LogP) is 3.30. The van der Waals surface area contributed by atoms with Crippen molar-refractivity contribution in [3.05, 3.63) is 47.8 Å². The molecule has 2 rings (SSSR count). The fraction of sp³-hybridized carbons (Fsp3) is 0.133. The van der Waals surface area contributed by atoms with E-state index in [-0.39, 0.29) is 11.4 Å². The number of ether oxygens (including phenoxy) is 2. The summed E-state index contributed by atoms with van der Waals surface area (Å²) in [6, 6.07) is 8.69. The SMILES string of the molecule is CCOc1ccc(Oc2cc(F)c(C(=O)O)cc2N)cc1. The van der Waals surface area contributed by atoms with Crippen LogP contribution in [0, 0.1) is 5.82 Å². The summed E-state index contributed by atoms with van der Waals surface area (Å²) in [5.41, 5.74) is 5.22. The topological polar surface area (TPSA) is 81.8 Å². The molecular formula is C15H14FNO4. The van der Waals surface area contributed by atoms with Crippen molar-refractivity contribution in [2.45, 2.75) is 6.92 Å². The second-order valence-electron chi connectivity index (χ2n) is 4.18. The first-order valence-electron chi connectivity index (χ1n) is 6.24. The summed E-state index contributed by atoms with van der Waals surface area (Å²) < 4.78 is 24.3. The van der Waals surface area contributed by atoms with Gasteiger partial charge < -0.3 is 20.3 Å². The lowest BCUT2D eigenvalue weighted by atomic mass is 10.1. The quantitative estimate of drug-likeness (QED) is 0.826. The van der Waals surface area contributed by atoms with E-state index < -0.39 is 17.3 Å². The van der Waals surface area contributed by atoms with Gasteiger partial charge in [-0.3, -0.25) is 0 Å². The smallest absolute Gasteiger partial charge is 0.338 e. The number of hydrogen-bond acceptors (Lipinski definition) is 4. The minimum atomic E-state index is -1.38. The Hall–Kier alpha value is -2.76. The lowest BCUT2D eigenvalue weighted by Gasteiger charge is -2.10. The van der Waals surface area contributed by atoms with Crippen molar-refractivity contribution in [3.8, 4) is 17.2 Å². The maximum absolute atomic E-state index is 13.6. The number of nitrogen functional groups attached to an aromatic ring is 1. The van der Waals surface area contributed by atoms with Crippen molar-refractivity contribution in [1.82, 2.24) is 0 Å². The van der Waals surface area contributed by atoms with Gasteiger partial charge in [0.1, 0.15) is 17.3 Å². The molecular weight excluding hydrogens is 277 g/mol. The van der Waals surface area contributed by atoms with Gasteiger partial charge in [-0.05, 0) is 37.3 Å². The van der Waals surface area contributed by atoms with Gasteiger partial charge in [0.25, 0.3) is 0 Å². The highest BCUT2D eigenvalue weighted by Crippen LogP contribution is 2.30. The third kappa shape index (κ3) is 3.42. The zero-order valence-electron chi connectivity index (χ0n) is 11.3. The largest absolute Gasteiger partial charge is 0.494 e. The van der Waals surface area contributed by atoms with Gasteiger partial charge >= 0.3 is 5.97 Å². The third-order valence-electron chi connectivity index (χ3n) is 2.69. The molecule has 0 bridgehead atoms. The molecule has 5 nitrogen and oxygen atoms in total. The van der Waals surface area contributed by atoms with Crippen molar-refractivity contribution in [1.29, 1.82) is 0 Å². The van der Waals surface area contributed by atoms with Crippen molar-refractivity contribution in [2.24, 2.45) is 0 Å². The number of benzene rings is 2. The number of rotatable bonds is 5. The van der Waals surface area contributed by atoms with Crippen LogP contribution in [0.5, 0.6) is 17.2 Å². The minimum absolute atomic E-state index is 0.0442. The molecule has 0 radical (unpaired) electrons. The number of halogens is 1. The summed E-state index contributed by atoms with van der Waals surface area (Å²) in [5.74, 6) is -1.11. The molecule has 21 heavy (non-hydrogen) atoms. The van der Waals surface area contributed by atoms with Crippen molar-refractivity contribution < 1.29 is 23.8 Å². The summed E-state index contributed by atoms with van der Waals surface area (Å²) in [6.45, 7) is 2.42. The molecule has 0 unspecified atom stereocenters. The Morgan fingerprint density at radius 3 is 2.43 bits per heavy atom. The molecule has 0 saturated carbocycles. The van der Waals surface area contributed by atoms with Crippen LogP contribution in [0.1, 0.15) is 17.3 Å². The molecule has 0 spiro atoms. The minimum Gasteiger partial charge on any atom is -0.494 e. The normalized spacial score (nSPS) is 10.2. The van der Waals surface area contributed by atoms with E-state index in [1.54, 1.807) is 24.3 Å². The van der Waals surface area contributed by atoms with Gasteiger partial charge in [0.2, 0.25) is 0 Å².